The van der Waals surface area contributed by atoms with Crippen LogP contribution in [0.5, 0.6) is 5.75 Å². The highest BCUT2D eigenvalue weighted by molar-refractivity contribution is 7.27. The summed E-state index contributed by atoms with van der Waals surface area (Å²) < 4.78 is 34.0. The Bertz CT molecular complexity index is 1080. The van der Waals surface area contributed by atoms with Gasteiger partial charge in [0.1, 0.15) is 22.9 Å². The number of rotatable bonds is 3. The van der Waals surface area contributed by atoms with E-state index in [2.05, 4.69) is 9.24 Å². The van der Waals surface area contributed by atoms with Crippen LogP contribution in [0.4, 0.5) is 8.78 Å². The van der Waals surface area contributed by atoms with E-state index in [1.54, 1.807) is 6.07 Å². The molecular formula is C17H12F2NO4P. The molecule has 0 aliphatic heterocycles. The van der Waals surface area contributed by atoms with Crippen molar-refractivity contribution in [1.29, 1.82) is 0 Å². The van der Waals surface area contributed by atoms with Gasteiger partial charge in [-0.2, -0.15) is 0 Å². The lowest BCUT2D eigenvalue weighted by Crippen LogP contribution is -2.20. The minimum Gasteiger partial charge on any atom is -0.495 e. The van der Waals surface area contributed by atoms with Crippen molar-refractivity contribution < 1.29 is 23.4 Å². The Morgan fingerprint density at radius 1 is 1.24 bits per heavy atom. The van der Waals surface area contributed by atoms with E-state index >= 15 is 0 Å². The Morgan fingerprint density at radius 2 is 1.96 bits per heavy atom. The zero-order valence-corrected chi connectivity index (χ0v) is 14.1. The molecule has 8 heteroatoms. The molecule has 0 spiro atoms. The van der Waals surface area contributed by atoms with Gasteiger partial charge in [-0.25, -0.2) is 13.6 Å². The second-order valence-corrected chi connectivity index (χ2v) is 5.93. The number of carbonyl (C=O) groups is 1. The molecule has 0 radical (unpaired) electrons. The van der Waals surface area contributed by atoms with Crippen molar-refractivity contribution in [3.63, 3.8) is 0 Å². The van der Waals surface area contributed by atoms with Crippen LogP contribution in [0.25, 0.3) is 16.6 Å². The smallest absolute Gasteiger partial charge is 0.341 e. The molecule has 1 aromatic heterocycles. The number of pyridine rings is 1. The SMILES string of the molecule is COc1cc(P)cc2c(=O)c(C(=O)O)cn(-c3ccc(F)cc3F)c12. The lowest BCUT2D eigenvalue weighted by atomic mass is 10.1. The van der Waals surface area contributed by atoms with Crippen LogP contribution < -0.4 is 15.5 Å². The lowest BCUT2D eigenvalue weighted by molar-refractivity contribution is 0.0695. The van der Waals surface area contributed by atoms with Crippen molar-refractivity contribution >= 4 is 31.4 Å². The molecule has 2 aromatic carbocycles. The quantitative estimate of drug-likeness (QED) is 0.726. The molecule has 0 saturated heterocycles. The molecule has 1 N–H and O–H groups in total. The van der Waals surface area contributed by atoms with Crippen LogP contribution in [0.3, 0.4) is 0 Å². The Balaban J connectivity index is 2.55. The number of aromatic carboxylic acids is 1. The molecule has 3 rings (SSSR count). The average Bonchev–Trinajstić information content (AvgIpc) is 2.55. The van der Waals surface area contributed by atoms with Gasteiger partial charge in [0.05, 0.1) is 23.7 Å². The van der Waals surface area contributed by atoms with Gasteiger partial charge in [-0.05, 0) is 29.6 Å². The fraction of sp³-hybridized carbons (Fsp3) is 0.0588. The molecule has 25 heavy (non-hydrogen) atoms. The Kier molecular flexibility index (Phi) is 4.27. The minimum absolute atomic E-state index is 0.0491. The predicted octanol–water partition coefficient (Wildman–Crippen LogP) is 2.48. The second kappa shape index (κ2) is 6.26. The van der Waals surface area contributed by atoms with Crippen molar-refractivity contribution in [3.8, 4) is 11.4 Å². The summed E-state index contributed by atoms with van der Waals surface area (Å²) in [6.45, 7) is 0. The maximum Gasteiger partial charge on any atom is 0.341 e. The van der Waals surface area contributed by atoms with Gasteiger partial charge in [-0.15, -0.1) is 9.24 Å². The predicted molar refractivity (Wildman–Crippen MR) is 92.3 cm³/mol. The van der Waals surface area contributed by atoms with Crippen molar-refractivity contribution in [3.05, 3.63) is 63.9 Å². The first-order valence-corrected chi connectivity index (χ1v) is 7.63. The summed E-state index contributed by atoms with van der Waals surface area (Å²) in [5.74, 6) is -2.88. The Morgan fingerprint density at radius 3 is 2.56 bits per heavy atom. The van der Waals surface area contributed by atoms with E-state index < -0.39 is 28.6 Å². The highest BCUT2D eigenvalue weighted by atomic mass is 31.0. The van der Waals surface area contributed by atoms with Gasteiger partial charge in [0, 0.05) is 12.3 Å². The Hall–Kier alpha value is -2.79. The number of hydrogen-bond donors (Lipinski definition) is 1. The van der Waals surface area contributed by atoms with E-state index in [0.717, 1.165) is 18.3 Å². The maximum absolute atomic E-state index is 14.3. The molecule has 0 bridgehead atoms. The number of aromatic nitrogens is 1. The maximum atomic E-state index is 14.3. The van der Waals surface area contributed by atoms with Crippen molar-refractivity contribution in [1.82, 2.24) is 4.57 Å². The molecule has 0 fully saturated rings. The van der Waals surface area contributed by atoms with Crippen LogP contribution in [-0.2, 0) is 0 Å². The fourth-order valence-electron chi connectivity index (χ4n) is 2.62. The third-order valence-electron chi connectivity index (χ3n) is 3.71. The van der Waals surface area contributed by atoms with Gasteiger partial charge in [0.15, 0.2) is 0 Å². The first kappa shape index (κ1) is 17.0. The summed E-state index contributed by atoms with van der Waals surface area (Å²) in [6, 6.07) is 5.95. The summed E-state index contributed by atoms with van der Waals surface area (Å²) in [5, 5.41) is 9.94. The monoisotopic (exact) mass is 363 g/mol. The number of benzene rings is 2. The first-order chi connectivity index (χ1) is 11.8. The number of fused-ring (bicyclic) bond motifs is 1. The summed E-state index contributed by atoms with van der Waals surface area (Å²) in [4.78, 5) is 23.9. The third kappa shape index (κ3) is 2.87. The van der Waals surface area contributed by atoms with Crippen molar-refractivity contribution in [2.75, 3.05) is 7.11 Å². The number of carboxylic acids is 1. The van der Waals surface area contributed by atoms with E-state index in [1.807, 2.05) is 0 Å². The molecule has 1 atom stereocenters. The second-order valence-electron chi connectivity index (χ2n) is 5.26. The van der Waals surface area contributed by atoms with E-state index in [4.69, 9.17) is 4.74 Å². The first-order valence-electron chi connectivity index (χ1n) is 7.05. The molecule has 0 aliphatic carbocycles. The number of ether oxygens (including phenoxy) is 1. The molecule has 5 nitrogen and oxygen atoms in total. The van der Waals surface area contributed by atoms with Crippen LogP contribution in [0.1, 0.15) is 10.4 Å². The topological polar surface area (TPSA) is 68.5 Å². The molecule has 128 valence electrons. The van der Waals surface area contributed by atoms with Crippen LogP contribution in [-0.4, -0.2) is 22.8 Å². The van der Waals surface area contributed by atoms with E-state index in [1.165, 1.54) is 17.7 Å². The van der Waals surface area contributed by atoms with E-state index in [-0.39, 0.29) is 22.3 Å². The lowest BCUT2D eigenvalue weighted by Gasteiger charge is -2.16. The summed E-state index contributed by atoms with van der Waals surface area (Å²) >= 11 is 0. The molecular weight excluding hydrogens is 351 g/mol. The van der Waals surface area contributed by atoms with Gasteiger partial charge in [-0.3, -0.25) is 4.79 Å². The number of carboxylic acid groups (broad SMARTS) is 1. The van der Waals surface area contributed by atoms with Crippen LogP contribution in [0, 0.1) is 11.6 Å². The molecule has 1 unspecified atom stereocenters. The van der Waals surface area contributed by atoms with Crippen LogP contribution in [0.2, 0.25) is 0 Å². The zero-order valence-electron chi connectivity index (χ0n) is 12.9. The van der Waals surface area contributed by atoms with E-state index in [0.29, 0.717) is 11.4 Å². The van der Waals surface area contributed by atoms with E-state index in [9.17, 15) is 23.5 Å². The average molecular weight is 363 g/mol. The molecule has 3 aromatic rings. The highest BCUT2D eigenvalue weighted by Crippen LogP contribution is 2.28. The normalized spacial score (nSPS) is 10.9. The van der Waals surface area contributed by atoms with Crippen molar-refractivity contribution in [2.45, 2.75) is 0 Å². The zero-order chi connectivity index (χ0) is 18.3. The molecule has 1 heterocycles. The standard InChI is InChI=1S/C17H12F2NO4P/c1-24-14-6-9(25)5-10-15(14)20(7-11(16(10)21)17(22)23)13-3-2-8(18)4-12(13)19/h2-7H,25H2,1H3,(H,22,23). The third-order valence-corrected chi connectivity index (χ3v) is 4.04. The number of halogens is 2. The number of methoxy groups -OCH3 is 1. The number of nitrogens with zero attached hydrogens (tertiary/aromatic N) is 1. The van der Waals surface area contributed by atoms with Crippen molar-refractivity contribution in [2.24, 2.45) is 0 Å². The summed E-state index contributed by atoms with van der Waals surface area (Å²) in [6.07, 6.45) is 1.01. The van der Waals surface area contributed by atoms with Gasteiger partial charge in [-0.1, -0.05) is 0 Å². The minimum atomic E-state index is -1.45. The highest BCUT2D eigenvalue weighted by Gasteiger charge is 2.20. The summed E-state index contributed by atoms with van der Waals surface area (Å²) in [5.41, 5.74) is -1.17. The van der Waals surface area contributed by atoms with Crippen LogP contribution >= 0.6 is 9.24 Å². The van der Waals surface area contributed by atoms with Gasteiger partial charge < -0.3 is 14.4 Å². The molecule has 0 amide bonds. The number of hydrogen-bond acceptors (Lipinski definition) is 3. The van der Waals surface area contributed by atoms with Gasteiger partial charge in [0.2, 0.25) is 5.43 Å². The largest absolute Gasteiger partial charge is 0.495 e. The molecule has 0 saturated carbocycles. The van der Waals surface area contributed by atoms with Crippen LogP contribution in [0.15, 0.2) is 41.3 Å². The summed E-state index contributed by atoms with van der Waals surface area (Å²) in [7, 11) is 3.76. The van der Waals surface area contributed by atoms with Gasteiger partial charge in [0.25, 0.3) is 0 Å². The fourth-order valence-corrected chi connectivity index (χ4v) is 2.94. The van der Waals surface area contributed by atoms with Gasteiger partial charge >= 0.3 is 5.97 Å². The molecule has 0 aliphatic rings. The Labute approximate surface area is 142 Å².